The maximum absolute atomic E-state index is 5.94. The fourth-order valence-electron chi connectivity index (χ4n) is 2.27. The third kappa shape index (κ3) is 1.60. The van der Waals surface area contributed by atoms with E-state index < -0.39 is 0 Å². The van der Waals surface area contributed by atoms with Crippen molar-refractivity contribution in [1.29, 1.82) is 0 Å². The molecule has 4 heteroatoms. The van der Waals surface area contributed by atoms with Gasteiger partial charge in [-0.25, -0.2) is 4.98 Å². The zero-order valence-corrected chi connectivity index (χ0v) is 9.79. The Morgan fingerprint density at radius 3 is 3.12 bits per heavy atom. The Morgan fingerprint density at radius 1 is 1.50 bits per heavy atom. The van der Waals surface area contributed by atoms with Crippen molar-refractivity contribution in [2.45, 2.75) is 25.4 Å². The zero-order chi connectivity index (χ0) is 11.1. The van der Waals surface area contributed by atoms with E-state index in [0.717, 1.165) is 34.9 Å². The van der Waals surface area contributed by atoms with Crippen molar-refractivity contribution in [3.63, 3.8) is 0 Å². The molecule has 1 aliphatic heterocycles. The van der Waals surface area contributed by atoms with E-state index >= 15 is 0 Å². The Bertz CT molecular complexity index is 523. The van der Waals surface area contributed by atoms with Gasteiger partial charge in [0.2, 0.25) is 0 Å². The molecule has 1 aliphatic rings. The lowest BCUT2D eigenvalue weighted by Crippen LogP contribution is -2.10. The van der Waals surface area contributed by atoms with Crippen molar-refractivity contribution in [1.82, 2.24) is 9.97 Å². The number of fused-ring (bicyclic) bond motifs is 1. The number of aromatic amines is 1. The van der Waals surface area contributed by atoms with Crippen molar-refractivity contribution in [3.05, 3.63) is 29.0 Å². The second kappa shape index (κ2) is 3.75. The fraction of sp³-hybridized carbons (Fsp3) is 0.417. The van der Waals surface area contributed by atoms with Crippen LogP contribution in [0.4, 0.5) is 0 Å². The second-order valence-corrected chi connectivity index (χ2v) is 4.69. The molecule has 2 atom stereocenters. The lowest BCUT2D eigenvalue weighted by molar-refractivity contribution is 0.117. The van der Waals surface area contributed by atoms with Crippen LogP contribution in [0.3, 0.4) is 0 Å². The minimum absolute atomic E-state index is 0.246. The van der Waals surface area contributed by atoms with Crippen LogP contribution in [-0.4, -0.2) is 22.7 Å². The van der Waals surface area contributed by atoms with Crippen LogP contribution in [-0.2, 0) is 4.74 Å². The van der Waals surface area contributed by atoms with Gasteiger partial charge in [-0.1, -0.05) is 11.6 Å². The number of H-pyrrole nitrogens is 1. The Kier molecular flexibility index (Phi) is 2.37. The highest BCUT2D eigenvalue weighted by Crippen LogP contribution is 2.30. The number of nitrogens with zero attached hydrogens (tertiary/aromatic N) is 1. The molecular formula is C12H13ClN2O. The van der Waals surface area contributed by atoms with E-state index in [1.165, 1.54) is 0 Å². The number of halogens is 1. The molecule has 0 spiro atoms. The maximum atomic E-state index is 5.94. The number of hydrogen-bond acceptors (Lipinski definition) is 2. The van der Waals surface area contributed by atoms with Crippen LogP contribution in [0.1, 0.15) is 25.1 Å². The third-order valence-electron chi connectivity index (χ3n) is 3.19. The highest BCUT2D eigenvalue weighted by molar-refractivity contribution is 6.31. The lowest BCUT2D eigenvalue weighted by Gasteiger charge is -2.09. The first kappa shape index (κ1) is 10.1. The van der Waals surface area contributed by atoms with Crippen molar-refractivity contribution >= 4 is 22.6 Å². The molecule has 3 rings (SSSR count). The predicted molar refractivity (Wildman–Crippen MR) is 63.9 cm³/mol. The first-order chi connectivity index (χ1) is 7.74. The van der Waals surface area contributed by atoms with Crippen molar-refractivity contribution in [2.24, 2.45) is 0 Å². The fourth-order valence-corrected chi connectivity index (χ4v) is 2.44. The van der Waals surface area contributed by atoms with Crippen LogP contribution in [0, 0.1) is 0 Å². The summed E-state index contributed by atoms with van der Waals surface area (Å²) in [6.45, 7) is 2.92. The van der Waals surface area contributed by atoms with Gasteiger partial charge in [-0.2, -0.15) is 0 Å². The van der Waals surface area contributed by atoms with E-state index in [1.807, 2.05) is 18.2 Å². The number of rotatable bonds is 1. The molecule has 1 saturated heterocycles. The molecule has 2 unspecified atom stereocenters. The van der Waals surface area contributed by atoms with Crippen LogP contribution < -0.4 is 0 Å². The molecule has 1 aromatic heterocycles. The number of hydrogen-bond donors (Lipinski definition) is 1. The van der Waals surface area contributed by atoms with Crippen molar-refractivity contribution in [3.8, 4) is 0 Å². The number of ether oxygens (including phenoxy) is 1. The maximum Gasteiger partial charge on any atom is 0.113 e. The van der Waals surface area contributed by atoms with Crippen LogP contribution in [0.15, 0.2) is 18.2 Å². The minimum Gasteiger partial charge on any atom is -0.378 e. The smallest absolute Gasteiger partial charge is 0.113 e. The Labute approximate surface area is 98.8 Å². The Hall–Kier alpha value is -1.06. The average Bonchev–Trinajstić information content (AvgIpc) is 2.82. The summed E-state index contributed by atoms with van der Waals surface area (Å²) in [5.74, 6) is 1.40. The number of nitrogens with one attached hydrogen (secondary N) is 1. The Morgan fingerprint density at radius 2 is 2.38 bits per heavy atom. The highest BCUT2D eigenvalue weighted by atomic mass is 35.5. The van der Waals surface area contributed by atoms with E-state index in [0.29, 0.717) is 5.92 Å². The quantitative estimate of drug-likeness (QED) is 0.826. The van der Waals surface area contributed by atoms with Crippen LogP contribution >= 0.6 is 11.6 Å². The van der Waals surface area contributed by atoms with E-state index in [2.05, 4.69) is 16.9 Å². The number of benzene rings is 1. The summed E-state index contributed by atoms with van der Waals surface area (Å²) in [4.78, 5) is 7.93. The predicted octanol–water partition coefficient (Wildman–Crippen LogP) is 3.11. The summed E-state index contributed by atoms with van der Waals surface area (Å²) in [5, 5.41) is 0.735. The third-order valence-corrected chi connectivity index (χ3v) is 3.42. The second-order valence-electron chi connectivity index (χ2n) is 4.25. The molecule has 0 amide bonds. The average molecular weight is 237 g/mol. The van der Waals surface area contributed by atoms with Crippen LogP contribution in [0.5, 0.6) is 0 Å². The van der Waals surface area contributed by atoms with Gasteiger partial charge >= 0.3 is 0 Å². The number of aromatic nitrogens is 2. The molecule has 2 aromatic rings. The summed E-state index contributed by atoms with van der Waals surface area (Å²) in [6.07, 6.45) is 1.28. The normalized spacial score (nSPS) is 25.4. The standard InChI is InChI=1S/C12H13ClN2O/c1-7-9(4-5-16-7)12-14-10-3-2-8(13)6-11(10)15-12/h2-3,6-7,9H,4-5H2,1H3,(H,14,15). The summed E-state index contributed by atoms with van der Waals surface area (Å²) in [5.41, 5.74) is 1.97. The summed E-state index contributed by atoms with van der Waals surface area (Å²) in [6, 6.07) is 5.72. The monoisotopic (exact) mass is 236 g/mol. The molecule has 3 nitrogen and oxygen atoms in total. The van der Waals surface area contributed by atoms with Gasteiger partial charge in [-0.05, 0) is 31.5 Å². The van der Waals surface area contributed by atoms with Gasteiger partial charge in [0.15, 0.2) is 0 Å². The van der Waals surface area contributed by atoms with Gasteiger partial charge in [0, 0.05) is 17.5 Å². The molecule has 1 N–H and O–H groups in total. The molecule has 0 radical (unpaired) electrons. The van der Waals surface area contributed by atoms with E-state index in [1.54, 1.807) is 0 Å². The zero-order valence-electron chi connectivity index (χ0n) is 9.03. The summed E-state index contributed by atoms with van der Waals surface area (Å²) in [7, 11) is 0. The first-order valence-electron chi connectivity index (χ1n) is 5.51. The van der Waals surface area contributed by atoms with Crippen molar-refractivity contribution in [2.75, 3.05) is 6.61 Å². The molecule has 1 aromatic carbocycles. The van der Waals surface area contributed by atoms with Gasteiger partial charge in [-0.15, -0.1) is 0 Å². The van der Waals surface area contributed by atoms with E-state index in [-0.39, 0.29) is 6.10 Å². The van der Waals surface area contributed by atoms with Crippen LogP contribution in [0.2, 0.25) is 5.02 Å². The molecule has 0 saturated carbocycles. The molecule has 0 aliphatic carbocycles. The summed E-state index contributed by atoms with van der Waals surface area (Å²) >= 11 is 5.94. The SMILES string of the molecule is CC1OCCC1c1nc2ccc(Cl)cc2[nH]1. The van der Waals surface area contributed by atoms with Gasteiger partial charge in [0.25, 0.3) is 0 Å². The highest BCUT2D eigenvalue weighted by Gasteiger charge is 2.28. The van der Waals surface area contributed by atoms with Gasteiger partial charge in [0.05, 0.1) is 17.1 Å². The molecule has 2 heterocycles. The minimum atomic E-state index is 0.246. The van der Waals surface area contributed by atoms with Crippen LogP contribution in [0.25, 0.3) is 11.0 Å². The molecular weight excluding hydrogens is 224 g/mol. The first-order valence-corrected chi connectivity index (χ1v) is 5.88. The molecule has 1 fully saturated rings. The van der Waals surface area contributed by atoms with Gasteiger partial charge in [-0.3, -0.25) is 0 Å². The van der Waals surface area contributed by atoms with Gasteiger partial charge in [0.1, 0.15) is 5.82 Å². The molecule has 84 valence electrons. The topological polar surface area (TPSA) is 37.9 Å². The summed E-state index contributed by atoms with van der Waals surface area (Å²) < 4.78 is 5.55. The molecule has 16 heavy (non-hydrogen) atoms. The van der Waals surface area contributed by atoms with Crippen molar-refractivity contribution < 1.29 is 4.74 Å². The Balaban J connectivity index is 2.04. The van der Waals surface area contributed by atoms with Gasteiger partial charge < -0.3 is 9.72 Å². The van der Waals surface area contributed by atoms with E-state index in [9.17, 15) is 0 Å². The largest absolute Gasteiger partial charge is 0.378 e. The van der Waals surface area contributed by atoms with E-state index in [4.69, 9.17) is 16.3 Å². The number of imidazole rings is 1. The lowest BCUT2D eigenvalue weighted by atomic mass is 10.0. The molecule has 0 bridgehead atoms.